The molecule has 0 aliphatic rings. The van der Waals surface area contributed by atoms with E-state index in [1.807, 2.05) is 21.6 Å². The van der Waals surface area contributed by atoms with Gasteiger partial charge in [-0.2, -0.15) is 0 Å². The van der Waals surface area contributed by atoms with E-state index in [0.29, 0.717) is 22.3 Å². The lowest BCUT2D eigenvalue weighted by molar-refractivity contribution is 0.793. The van der Waals surface area contributed by atoms with Crippen LogP contribution in [0.1, 0.15) is 47.9 Å². The molecule has 0 saturated heterocycles. The van der Waals surface area contributed by atoms with Gasteiger partial charge < -0.3 is 0 Å². The van der Waals surface area contributed by atoms with Gasteiger partial charge in [0.15, 0.2) is 0 Å². The maximum Gasteiger partial charge on any atom is 0.0232 e. The van der Waals surface area contributed by atoms with Gasteiger partial charge >= 0.3 is 0 Å². The van der Waals surface area contributed by atoms with Crippen molar-refractivity contribution in [3.8, 4) is 0 Å². The zero-order valence-corrected chi connectivity index (χ0v) is 20.3. The summed E-state index contributed by atoms with van der Waals surface area (Å²) in [7, 11) is 4.03. The van der Waals surface area contributed by atoms with Crippen LogP contribution in [0.3, 0.4) is 0 Å². The van der Waals surface area contributed by atoms with E-state index >= 15 is 0 Å². The van der Waals surface area contributed by atoms with Crippen LogP contribution in [0.5, 0.6) is 0 Å². The molecular weight excluding hydrogens is 424 g/mol. The molecule has 0 nitrogen and oxygen atoms in total. The van der Waals surface area contributed by atoms with Crippen LogP contribution in [0, 0.1) is 0 Å². The normalized spacial score (nSPS) is 13.2. The average Bonchev–Trinajstić information content (AvgIpc) is 2.86. The molecule has 2 heteroatoms. The largest absolute Gasteiger partial charge is 0.0897 e. The molecule has 0 N–H and O–H groups in total. The Hall–Kier alpha value is -2.42. The molecule has 0 amide bonds. The molecule has 32 heavy (non-hydrogen) atoms. The van der Waals surface area contributed by atoms with Crippen molar-refractivity contribution in [2.75, 3.05) is 0 Å². The van der Waals surface area contributed by atoms with Crippen LogP contribution in [0.25, 0.3) is 0 Å². The summed E-state index contributed by atoms with van der Waals surface area (Å²) < 4.78 is 0. The van der Waals surface area contributed by atoms with E-state index < -0.39 is 0 Å². The van der Waals surface area contributed by atoms with E-state index in [2.05, 4.69) is 135 Å². The van der Waals surface area contributed by atoms with Gasteiger partial charge in [0.2, 0.25) is 0 Å². The summed E-state index contributed by atoms with van der Waals surface area (Å²) in [5.41, 5.74) is 5.54. The van der Waals surface area contributed by atoms with E-state index in [1.165, 1.54) is 22.3 Å². The van der Waals surface area contributed by atoms with E-state index in [4.69, 9.17) is 0 Å². The summed E-state index contributed by atoms with van der Waals surface area (Å²) in [6.07, 6.45) is 0. The number of hydrogen-bond donors (Lipinski definition) is 0. The van der Waals surface area contributed by atoms with Crippen molar-refractivity contribution in [1.29, 1.82) is 0 Å². The van der Waals surface area contributed by atoms with Gasteiger partial charge in [-0.3, -0.25) is 0 Å². The van der Waals surface area contributed by atoms with E-state index in [9.17, 15) is 0 Å². The number of benzene rings is 4. The number of rotatable bonds is 9. The fourth-order valence-corrected chi connectivity index (χ4v) is 7.32. The van der Waals surface area contributed by atoms with Crippen molar-refractivity contribution >= 4 is 21.6 Å². The summed E-state index contributed by atoms with van der Waals surface area (Å²) in [6, 6.07) is 43.7. The summed E-state index contributed by atoms with van der Waals surface area (Å²) in [5.74, 6) is 0.739. The molecule has 2 atom stereocenters. The molecule has 4 aromatic rings. The van der Waals surface area contributed by atoms with Crippen LogP contribution in [-0.4, -0.2) is 10.5 Å². The van der Waals surface area contributed by atoms with Gasteiger partial charge in [0.05, 0.1) is 0 Å². The lowest BCUT2D eigenvalue weighted by Crippen LogP contribution is -2.16. The minimum Gasteiger partial charge on any atom is -0.0897 e. The minimum atomic E-state index is 0.369. The smallest absolute Gasteiger partial charge is 0.0232 e. The second-order valence-electron chi connectivity index (χ2n) is 8.20. The van der Waals surface area contributed by atoms with Gasteiger partial charge in [-0.25, -0.2) is 0 Å². The van der Waals surface area contributed by atoms with Crippen molar-refractivity contribution in [2.24, 2.45) is 0 Å². The Morgan fingerprint density at radius 3 is 0.812 bits per heavy atom. The van der Waals surface area contributed by atoms with Crippen LogP contribution in [0.4, 0.5) is 0 Å². The Kier molecular flexibility index (Phi) is 8.14. The third kappa shape index (κ3) is 5.68. The highest BCUT2D eigenvalue weighted by Gasteiger charge is 2.26. The van der Waals surface area contributed by atoms with Gasteiger partial charge in [0.1, 0.15) is 0 Å². The third-order valence-electron chi connectivity index (χ3n) is 5.93. The summed E-state index contributed by atoms with van der Waals surface area (Å²) >= 11 is 0. The Morgan fingerprint density at radius 2 is 0.594 bits per heavy atom. The first kappa shape index (κ1) is 22.8. The third-order valence-corrected chi connectivity index (χ3v) is 9.35. The quantitative estimate of drug-likeness (QED) is 0.232. The Bertz CT molecular complexity index is 881. The molecule has 4 aromatic carbocycles. The van der Waals surface area contributed by atoms with Gasteiger partial charge in [-0.05, 0) is 22.3 Å². The zero-order chi connectivity index (χ0) is 22.2. The Labute approximate surface area is 200 Å². The molecule has 0 bridgehead atoms. The van der Waals surface area contributed by atoms with Crippen molar-refractivity contribution in [3.05, 3.63) is 144 Å². The molecule has 0 heterocycles. The van der Waals surface area contributed by atoms with Crippen LogP contribution >= 0.6 is 21.6 Å². The van der Waals surface area contributed by atoms with Crippen molar-refractivity contribution in [2.45, 2.75) is 36.2 Å². The predicted octanol–water partition coefficient (Wildman–Crippen LogP) is 8.81. The van der Waals surface area contributed by atoms with Crippen LogP contribution in [0.15, 0.2) is 121 Å². The maximum absolute atomic E-state index is 2.37. The molecule has 0 aliphatic carbocycles. The van der Waals surface area contributed by atoms with Crippen molar-refractivity contribution < 1.29 is 0 Å². The fourth-order valence-electron chi connectivity index (χ4n) is 4.40. The maximum atomic E-state index is 2.37. The molecule has 2 unspecified atom stereocenters. The zero-order valence-electron chi connectivity index (χ0n) is 18.7. The lowest BCUT2D eigenvalue weighted by atomic mass is 9.89. The van der Waals surface area contributed by atoms with Crippen LogP contribution < -0.4 is 0 Å². The first-order chi connectivity index (χ1) is 15.7. The Morgan fingerprint density at radius 1 is 0.375 bits per heavy atom. The van der Waals surface area contributed by atoms with Crippen molar-refractivity contribution in [3.63, 3.8) is 0 Å². The topological polar surface area (TPSA) is 0 Å². The summed E-state index contributed by atoms with van der Waals surface area (Å²) in [5, 5.41) is 0.888. The number of hydrogen-bond acceptors (Lipinski definition) is 2. The standard InChI is InChI=1S/C30H30S2/c1-23(29(25-15-7-3-8-16-25)26-17-9-4-10-18-26)31-32-24(2)30(27-19-11-5-12-20-27)28-21-13-6-14-22-28/h3-24,29-30H,1-2H3. The van der Waals surface area contributed by atoms with Gasteiger partial charge in [0, 0.05) is 22.3 Å². The van der Waals surface area contributed by atoms with Crippen molar-refractivity contribution in [1.82, 2.24) is 0 Å². The van der Waals surface area contributed by atoms with E-state index in [0.717, 1.165) is 0 Å². The fraction of sp³-hybridized carbons (Fsp3) is 0.200. The van der Waals surface area contributed by atoms with Gasteiger partial charge in [-0.1, -0.05) is 157 Å². The van der Waals surface area contributed by atoms with E-state index in [-0.39, 0.29) is 0 Å². The highest BCUT2D eigenvalue weighted by atomic mass is 33.1. The molecule has 0 fully saturated rings. The summed E-state index contributed by atoms with van der Waals surface area (Å²) in [6.45, 7) is 4.74. The molecule has 0 saturated carbocycles. The monoisotopic (exact) mass is 454 g/mol. The summed E-state index contributed by atoms with van der Waals surface area (Å²) in [4.78, 5) is 0. The first-order valence-electron chi connectivity index (χ1n) is 11.3. The average molecular weight is 455 g/mol. The second kappa shape index (κ2) is 11.4. The first-order valence-corrected chi connectivity index (χ1v) is 13.5. The molecule has 0 aliphatic heterocycles. The van der Waals surface area contributed by atoms with Gasteiger partial charge in [-0.15, -0.1) is 0 Å². The minimum absolute atomic E-state index is 0.369. The highest BCUT2D eigenvalue weighted by Crippen LogP contribution is 2.45. The lowest BCUT2D eigenvalue weighted by Gasteiger charge is -2.28. The van der Waals surface area contributed by atoms with Gasteiger partial charge in [0.25, 0.3) is 0 Å². The predicted molar refractivity (Wildman–Crippen MR) is 144 cm³/mol. The molecule has 162 valence electrons. The SMILES string of the molecule is CC(SSC(C)C(c1ccccc1)c1ccccc1)C(c1ccccc1)c1ccccc1. The highest BCUT2D eigenvalue weighted by molar-refractivity contribution is 8.77. The molecular formula is C30H30S2. The molecule has 0 aromatic heterocycles. The van der Waals surface area contributed by atoms with E-state index in [1.54, 1.807) is 0 Å². The van der Waals surface area contributed by atoms with Crippen LogP contribution in [0.2, 0.25) is 0 Å². The molecule has 4 rings (SSSR count). The second-order valence-corrected chi connectivity index (χ2v) is 11.2. The molecule has 0 spiro atoms. The Balaban J connectivity index is 1.55. The molecule has 0 radical (unpaired) electrons. The van der Waals surface area contributed by atoms with Crippen LogP contribution in [-0.2, 0) is 0 Å².